The number of nitrogens with zero attached hydrogens (tertiary/aromatic N) is 3. The summed E-state index contributed by atoms with van der Waals surface area (Å²) in [6, 6.07) is 5.93. The zero-order valence-corrected chi connectivity index (χ0v) is 11.8. The highest BCUT2D eigenvalue weighted by molar-refractivity contribution is 5.93. The van der Waals surface area contributed by atoms with Gasteiger partial charge in [-0.2, -0.15) is 5.10 Å². The number of carbonyl (C=O) groups excluding carboxylic acids is 1. The molecule has 6 heteroatoms. The van der Waals surface area contributed by atoms with Crippen LogP contribution in [-0.2, 0) is 4.79 Å². The number of rotatable bonds is 5. The summed E-state index contributed by atoms with van der Waals surface area (Å²) in [4.78, 5) is 16.3. The first kappa shape index (κ1) is 13.8. The molecule has 0 unspecified atom stereocenters. The van der Waals surface area contributed by atoms with Crippen molar-refractivity contribution in [2.45, 2.75) is 31.7 Å². The summed E-state index contributed by atoms with van der Waals surface area (Å²) in [5.74, 6) is 0.569. The molecule has 2 aromatic heterocycles. The van der Waals surface area contributed by atoms with Crippen molar-refractivity contribution in [3.05, 3.63) is 36.8 Å². The van der Waals surface area contributed by atoms with E-state index in [1.807, 2.05) is 12.1 Å². The van der Waals surface area contributed by atoms with E-state index in [2.05, 4.69) is 20.7 Å². The van der Waals surface area contributed by atoms with Gasteiger partial charge in [0.1, 0.15) is 0 Å². The summed E-state index contributed by atoms with van der Waals surface area (Å²) in [5, 5.41) is 10.3. The van der Waals surface area contributed by atoms with Gasteiger partial charge in [-0.3, -0.25) is 4.79 Å². The average Bonchev–Trinajstić information content (AvgIpc) is 3.19. The molecule has 3 rings (SSSR count). The van der Waals surface area contributed by atoms with Crippen LogP contribution in [0.4, 0.5) is 5.69 Å². The lowest BCUT2D eigenvalue weighted by molar-refractivity contribution is -0.115. The normalized spacial score (nSPS) is 15.2. The smallest absolute Gasteiger partial charge is 0.238 e. The molecule has 1 aliphatic rings. The lowest BCUT2D eigenvalue weighted by Gasteiger charge is -2.13. The molecule has 110 valence electrons. The van der Waals surface area contributed by atoms with Crippen molar-refractivity contribution in [3.8, 4) is 5.82 Å². The van der Waals surface area contributed by atoms with Crippen molar-refractivity contribution < 1.29 is 4.79 Å². The van der Waals surface area contributed by atoms with E-state index in [0.29, 0.717) is 24.1 Å². The molecule has 1 amide bonds. The van der Waals surface area contributed by atoms with Crippen molar-refractivity contribution in [3.63, 3.8) is 0 Å². The third-order valence-electron chi connectivity index (χ3n) is 3.69. The van der Waals surface area contributed by atoms with Gasteiger partial charge in [-0.25, -0.2) is 9.67 Å². The van der Waals surface area contributed by atoms with Crippen LogP contribution in [0.1, 0.15) is 25.7 Å². The van der Waals surface area contributed by atoms with Crippen LogP contribution < -0.4 is 10.6 Å². The molecule has 0 saturated heterocycles. The first-order valence-electron chi connectivity index (χ1n) is 7.31. The van der Waals surface area contributed by atoms with Gasteiger partial charge in [0.15, 0.2) is 5.82 Å². The maximum Gasteiger partial charge on any atom is 0.238 e. The molecule has 2 aromatic rings. The van der Waals surface area contributed by atoms with E-state index < -0.39 is 0 Å². The van der Waals surface area contributed by atoms with E-state index in [-0.39, 0.29) is 5.91 Å². The monoisotopic (exact) mass is 285 g/mol. The van der Waals surface area contributed by atoms with Gasteiger partial charge in [0, 0.05) is 24.6 Å². The van der Waals surface area contributed by atoms with Gasteiger partial charge in [-0.1, -0.05) is 12.8 Å². The van der Waals surface area contributed by atoms with Gasteiger partial charge < -0.3 is 10.6 Å². The number of pyridine rings is 1. The molecular formula is C15H19N5O. The standard InChI is InChI=1S/C15H19N5O/c21-14(11-17-12-5-1-2-6-12)19-13-7-3-8-16-15(13)20-10-4-9-18-20/h3-4,7-10,12,17H,1-2,5-6,11H2,(H,19,21). The van der Waals surface area contributed by atoms with E-state index in [9.17, 15) is 4.79 Å². The van der Waals surface area contributed by atoms with Gasteiger partial charge in [0.2, 0.25) is 5.91 Å². The van der Waals surface area contributed by atoms with E-state index in [1.54, 1.807) is 29.3 Å². The van der Waals surface area contributed by atoms with Crippen LogP contribution in [0.2, 0.25) is 0 Å². The van der Waals surface area contributed by atoms with Crippen molar-refractivity contribution in [1.82, 2.24) is 20.1 Å². The molecule has 21 heavy (non-hydrogen) atoms. The molecule has 0 aliphatic heterocycles. The molecule has 0 bridgehead atoms. The van der Waals surface area contributed by atoms with Crippen LogP contribution >= 0.6 is 0 Å². The second-order valence-corrected chi connectivity index (χ2v) is 5.24. The summed E-state index contributed by atoms with van der Waals surface area (Å²) in [6.07, 6.45) is 10.0. The van der Waals surface area contributed by atoms with Crippen LogP contribution in [0, 0.1) is 0 Å². The van der Waals surface area contributed by atoms with E-state index >= 15 is 0 Å². The Kier molecular flexibility index (Phi) is 4.25. The molecule has 0 atom stereocenters. The minimum atomic E-state index is -0.0525. The van der Waals surface area contributed by atoms with E-state index in [0.717, 1.165) is 0 Å². The highest BCUT2D eigenvalue weighted by Crippen LogP contribution is 2.18. The van der Waals surface area contributed by atoms with Gasteiger partial charge >= 0.3 is 0 Å². The van der Waals surface area contributed by atoms with Crippen LogP contribution in [0.3, 0.4) is 0 Å². The fourth-order valence-corrected chi connectivity index (χ4v) is 2.63. The van der Waals surface area contributed by atoms with E-state index in [1.165, 1.54) is 25.7 Å². The maximum atomic E-state index is 12.1. The van der Waals surface area contributed by atoms with Crippen molar-refractivity contribution in [1.29, 1.82) is 0 Å². The molecule has 1 fully saturated rings. The predicted molar refractivity (Wildman–Crippen MR) is 80.2 cm³/mol. The van der Waals surface area contributed by atoms with Crippen LogP contribution in [0.25, 0.3) is 5.82 Å². The Hall–Kier alpha value is -2.21. The fourth-order valence-electron chi connectivity index (χ4n) is 2.63. The molecule has 1 saturated carbocycles. The number of hydrogen-bond donors (Lipinski definition) is 2. The van der Waals surface area contributed by atoms with Gasteiger partial charge in [-0.15, -0.1) is 0 Å². The maximum absolute atomic E-state index is 12.1. The Bertz CT molecular complexity index is 590. The minimum absolute atomic E-state index is 0.0525. The lowest BCUT2D eigenvalue weighted by Crippen LogP contribution is -2.34. The average molecular weight is 285 g/mol. The summed E-state index contributed by atoms with van der Waals surface area (Å²) >= 11 is 0. The second-order valence-electron chi connectivity index (χ2n) is 5.24. The largest absolute Gasteiger partial charge is 0.322 e. The first-order chi connectivity index (χ1) is 10.3. The molecule has 0 aromatic carbocycles. The number of hydrogen-bond acceptors (Lipinski definition) is 4. The predicted octanol–water partition coefficient (Wildman–Crippen LogP) is 1.74. The number of nitrogens with one attached hydrogen (secondary N) is 2. The molecule has 0 radical (unpaired) electrons. The zero-order chi connectivity index (χ0) is 14.5. The Morgan fingerprint density at radius 2 is 2.14 bits per heavy atom. The third-order valence-corrected chi connectivity index (χ3v) is 3.69. The van der Waals surface area contributed by atoms with Crippen molar-refractivity contribution >= 4 is 11.6 Å². The molecule has 2 heterocycles. The summed E-state index contributed by atoms with van der Waals surface area (Å²) < 4.78 is 1.64. The van der Waals surface area contributed by atoms with Crippen molar-refractivity contribution in [2.24, 2.45) is 0 Å². The zero-order valence-electron chi connectivity index (χ0n) is 11.8. The Morgan fingerprint density at radius 3 is 2.90 bits per heavy atom. The molecule has 0 spiro atoms. The SMILES string of the molecule is O=C(CNC1CCCC1)Nc1cccnc1-n1cccn1. The molecule has 1 aliphatic carbocycles. The number of carbonyl (C=O) groups is 1. The number of anilines is 1. The van der Waals surface area contributed by atoms with Crippen LogP contribution in [-0.4, -0.2) is 33.3 Å². The quantitative estimate of drug-likeness (QED) is 0.877. The van der Waals surface area contributed by atoms with E-state index in [4.69, 9.17) is 0 Å². The number of aromatic nitrogens is 3. The lowest BCUT2D eigenvalue weighted by atomic mass is 10.2. The minimum Gasteiger partial charge on any atom is -0.322 e. The highest BCUT2D eigenvalue weighted by Gasteiger charge is 2.16. The van der Waals surface area contributed by atoms with Gasteiger partial charge in [0.25, 0.3) is 0 Å². The summed E-state index contributed by atoms with van der Waals surface area (Å²) in [5.41, 5.74) is 0.666. The highest BCUT2D eigenvalue weighted by atomic mass is 16.1. The van der Waals surface area contributed by atoms with Crippen molar-refractivity contribution in [2.75, 3.05) is 11.9 Å². The molecular weight excluding hydrogens is 266 g/mol. The van der Waals surface area contributed by atoms with Gasteiger partial charge in [-0.05, 0) is 31.0 Å². The van der Waals surface area contributed by atoms with Crippen LogP contribution in [0.5, 0.6) is 0 Å². The third kappa shape index (κ3) is 3.46. The Labute approximate surface area is 123 Å². The van der Waals surface area contributed by atoms with Crippen LogP contribution in [0.15, 0.2) is 36.8 Å². The Balaban J connectivity index is 1.63. The fraction of sp³-hybridized carbons (Fsp3) is 0.400. The topological polar surface area (TPSA) is 71.8 Å². The second kappa shape index (κ2) is 6.49. The summed E-state index contributed by atoms with van der Waals surface area (Å²) in [6.45, 7) is 0.331. The number of amides is 1. The van der Waals surface area contributed by atoms with Gasteiger partial charge in [0.05, 0.1) is 12.2 Å². The summed E-state index contributed by atoms with van der Waals surface area (Å²) in [7, 11) is 0. The molecule has 2 N–H and O–H groups in total. The first-order valence-corrected chi connectivity index (χ1v) is 7.31. The Morgan fingerprint density at radius 1 is 1.29 bits per heavy atom. The molecule has 6 nitrogen and oxygen atoms in total.